The third kappa shape index (κ3) is 5.52. The Kier molecular flexibility index (Phi) is 6.86. The summed E-state index contributed by atoms with van der Waals surface area (Å²) < 4.78 is 5.70. The summed E-state index contributed by atoms with van der Waals surface area (Å²) in [6.45, 7) is 6.98. The Labute approximate surface area is 139 Å². The van der Waals surface area contributed by atoms with Crippen molar-refractivity contribution in [3.63, 3.8) is 0 Å². The minimum Gasteiger partial charge on any atom is -0.385 e. The van der Waals surface area contributed by atoms with Gasteiger partial charge in [-0.15, -0.1) is 0 Å². The number of carbonyl (C=O) groups excluding carboxylic acids is 1. The van der Waals surface area contributed by atoms with Crippen LogP contribution in [0.4, 0.5) is 5.69 Å². The number of rotatable bonds is 7. The normalized spacial score (nSPS) is 21.3. The van der Waals surface area contributed by atoms with Gasteiger partial charge < -0.3 is 20.7 Å². The number of nitrogens with two attached hydrogens (primary N) is 1. The van der Waals surface area contributed by atoms with Gasteiger partial charge in [-0.25, -0.2) is 0 Å². The highest BCUT2D eigenvalue weighted by Crippen LogP contribution is 2.17. The fraction of sp³-hybridized carbons (Fsp3) is 0.611. The van der Waals surface area contributed by atoms with Crippen LogP contribution in [0.2, 0.25) is 0 Å². The van der Waals surface area contributed by atoms with Crippen LogP contribution in [0.1, 0.15) is 43.5 Å². The smallest absolute Gasteiger partial charge is 0.254 e. The van der Waals surface area contributed by atoms with Gasteiger partial charge in [0.05, 0.1) is 12.2 Å². The predicted octanol–water partition coefficient (Wildman–Crippen LogP) is 2.48. The van der Waals surface area contributed by atoms with E-state index in [9.17, 15) is 4.79 Å². The Morgan fingerprint density at radius 3 is 2.70 bits per heavy atom. The number of ether oxygens (including phenoxy) is 1. The zero-order chi connectivity index (χ0) is 16.7. The second-order valence-corrected chi connectivity index (χ2v) is 6.32. The molecule has 0 aliphatic carbocycles. The first kappa shape index (κ1) is 17.8. The van der Waals surface area contributed by atoms with E-state index in [1.54, 1.807) is 0 Å². The molecule has 0 radical (unpaired) electrons. The van der Waals surface area contributed by atoms with Gasteiger partial charge in [0.15, 0.2) is 0 Å². The van der Waals surface area contributed by atoms with Crippen molar-refractivity contribution >= 4 is 11.6 Å². The summed E-state index contributed by atoms with van der Waals surface area (Å²) in [5, 5.41) is 3.38. The molecule has 5 heteroatoms. The molecule has 2 atom stereocenters. The Balaban J connectivity index is 1.91. The maximum absolute atomic E-state index is 12.7. The molecule has 0 spiro atoms. The van der Waals surface area contributed by atoms with Gasteiger partial charge in [-0.3, -0.25) is 4.79 Å². The van der Waals surface area contributed by atoms with E-state index in [1.165, 1.54) is 0 Å². The van der Waals surface area contributed by atoms with Gasteiger partial charge in [0.1, 0.15) is 0 Å². The third-order valence-electron chi connectivity index (χ3n) is 4.03. The van der Waals surface area contributed by atoms with Gasteiger partial charge in [0.2, 0.25) is 0 Å². The van der Waals surface area contributed by atoms with Gasteiger partial charge in [-0.1, -0.05) is 12.5 Å². The molecule has 128 valence electrons. The van der Waals surface area contributed by atoms with Crippen LogP contribution in [0.15, 0.2) is 24.3 Å². The van der Waals surface area contributed by atoms with Crippen LogP contribution < -0.4 is 11.1 Å². The molecule has 2 rings (SSSR count). The van der Waals surface area contributed by atoms with Crippen molar-refractivity contribution < 1.29 is 9.53 Å². The van der Waals surface area contributed by atoms with E-state index in [-0.39, 0.29) is 18.1 Å². The monoisotopic (exact) mass is 319 g/mol. The molecular formula is C18H29N3O2. The summed E-state index contributed by atoms with van der Waals surface area (Å²) in [5.74, 6) is 0.0822. The van der Waals surface area contributed by atoms with Gasteiger partial charge in [0.25, 0.3) is 5.91 Å². The van der Waals surface area contributed by atoms with Crippen molar-refractivity contribution in [2.75, 3.05) is 31.5 Å². The third-order valence-corrected chi connectivity index (χ3v) is 4.03. The number of morpholine rings is 1. The molecule has 1 aromatic rings. The molecule has 1 aliphatic heterocycles. The van der Waals surface area contributed by atoms with Gasteiger partial charge in [-0.05, 0) is 51.4 Å². The molecule has 1 fully saturated rings. The van der Waals surface area contributed by atoms with Crippen LogP contribution in [0.3, 0.4) is 0 Å². The van der Waals surface area contributed by atoms with Crippen molar-refractivity contribution in [2.24, 2.45) is 5.73 Å². The van der Waals surface area contributed by atoms with Crippen molar-refractivity contribution in [2.45, 2.75) is 45.3 Å². The Bertz CT molecular complexity index is 497. The molecule has 1 unspecified atom stereocenters. The second kappa shape index (κ2) is 8.89. The first-order valence-electron chi connectivity index (χ1n) is 8.59. The van der Waals surface area contributed by atoms with Crippen LogP contribution in [-0.4, -0.2) is 49.2 Å². The SMILES string of the molecule is CC1CN(C(=O)c2cccc(NCCCCCN)c2)C[C@@H](C)O1. The fourth-order valence-corrected chi connectivity index (χ4v) is 2.97. The molecule has 0 aromatic heterocycles. The lowest BCUT2D eigenvalue weighted by Gasteiger charge is -2.35. The molecule has 1 aliphatic rings. The minimum absolute atomic E-state index is 0.0822. The number of carbonyl (C=O) groups is 1. The largest absolute Gasteiger partial charge is 0.385 e. The maximum atomic E-state index is 12.7. The molecular weight excluding hydrogens is 290 g/mol. The van der Waals surface area contributed by atoms with Crippen molar-refractivity contribution in [3.8, 4) is 0 Å². The van der Waals surface area contributed by atoms with E-state index in [4.69, 9.17) is 10.5 Å². The predicted molar refractivity (Wildman–Crippen MR) is 93.7 cm³/mol. The lowest BCUT2D eigenvalue weighted by Crippen LogP contribution is -2.48. The number of hydrogen-bond acceptors (Lipinski definition) is 4. The molecule has 0 bridgehead atoms. The summed E-state index contributed by atoms with van der Waals surface area (Å²) in [5.41, 5.74) is 7.23. The summed E-state index contributed by atoms with van der Waals surface area (Å²) in [4.78, 5) is 14.6. The number of unbranched alkanes of at least 4 members (excludes halogenated alkanes) is 2. The van der Waals surface area contributed by atoms with E-state index >= 15 is 0 Å². The van der Waals surface area contributed by atoms with Gasteiger partial charge in [0, 0.05) is 30.9 Å². The summed E-state index contributed by atoms with van der Waals surface area (Å²) in [6, 6.07) is 7.76. The molecule has 3 N–H and O–H groups in total. The van der Waals surface area contributed by atoms with Crippen molar-refractivity contribution in [3.05, 3.63) is 29.8 Å². The number of anilines is 1. The number of amides is 1. The lowest BCUT2D eigenvalue weighted by atomic mass is 10.1. The number of hydrogen-bond donors (Lipinski definition) is 2. The average molecular weight is 319 g/mol. The number of nitrogens with zero attached hydrogens (tertiary/aromatic N) is 1. The summed E-state index contributed by atoms with van der Waals surface area (Å²) in [6.07, 6.45) is 3.46. The zero-order valence-corrected chi connectivity index (χ0v) is 14.3. The highest BCUT2D eigenvalue weighted by molar-refractivity contribution is 5.95. The summed E-state index contributed by atoms with van der Waals surface area (Å²) >= 11 is 0. The first-order valence-corrected chi connectivity index (χ1v) is 8.59. The highest BCUT2D eigenvalue weighted by Gasteiger charge is 2.26. The molecule has 1 heterocycles. The van der Waals surface area contributed by atoms with Gasteiger partial charge in [-0.2, -0.15) is 0 Å². The molecule has 0 saturated carbocycles. The van der Waals surface area contributed by atoms with Gasteiger partial charge >= 0.3 is 0 Å². The van der Waals surface area contributed by atoms with Crippen LogP contribution in [0.5, 0.6) is 0 Å². The fourth-order valence-electron chi connectivity index (χ4n) is 2.97. The molecule has 5 nitrogen and oxygen atoms in total. The van der Waals surface area contributed by atoms with Crippen LogP contribution in [-0.2, 0) is 4.74 Å². The number of benzene rings is 1. The van der Waals surface area contributed by atoms with Crippen molar-refractivity contribution in [1.82, 2.24) is 4.90 Å². The first-order chi connectivity index (χ1) is 11.1. The maximum Gasteiger partial charge on any atom is 0.254 e. The summed E-state index contributed by atoms with van der Waals surface area (Å²) in [7, 11) is 0. The molecule has 1 aromatic carbocycles. The van der Waals surface area contributed by atoms with Crippen LogP contribution in [0.25, 0.3) is 0 Å². The highest BCUT2D eigenvalue weighted by atomic mass is 16.5. The quantitative estimate of drug-likeness (QED) is 0.758. The topological polar surface area (TPSA) is 67.6 Å². The Morgan fingerprint density at radius 1 is 1.26 bits per heavy atom. The molecule has 23 heavy (non-hydrogen) atoms. The van der Waals surface area contributed by atoms with E-state index in [0.29, 0.717) is 13.1 Å². The van der Waals surface area contributed by atoms with E-state index < -0.39 is 0 Å². The van der Waals surface area contributed by atoms with Crippen molar-refractivity contribution in [1.29, 1.82) is 0 Å². The van der Waals surface area contributed by atoms with Crippen LogP contribution >= 0.6 is 0 Å². The minimum atomic E-state index is 0.0822. The molecule has 1 saturated heterocycles. The average Bonchev–Trinajstić information content (AvgIpc) is 2.53. The Hall–Kier alpha value is -1.59. The van der Waals surface area contributed by atoms with E-state index in [1.807, 2.05) is 43.0 Å². The second-order valence-electron chi connectivity index (χ2n) is 6.32. The van der Waals surface area contributed by atoms with E-state index in [0.717, 1.165) is 43.6 Å². The molecule has 1 amide bonds. The zero-order valence-electron chi connectivity index (χ0n) is 14.3. The lowest BCUT2D eigenvalue weighted by molar-refractivity contribution is -0.0586. The standard InChI is InChI=1S/C18H29N3O2/c1-14-12-21(13-15(2)23-14)18(22)16-7-6-8-17(11-16)20-10-5-3-4-9-19/h6-8,11,14-15,20H,3-5,9-10,12-13,19H2,1-2H3/t14-,15?/m1/s1. The number of nitrogens with one attached hydrogen (secondary N) is 1. The van der Waals surface area contributed by atoms with Crippen LogP contribution in [0, 0.1) is 0 Å². The Morgan fingerprint density at radius 2 is 2.00 bits per heavy atom. The van der Waals surface area contributed by atoms with E-state index in [2.05, 4.69) is 5.32 Å².